The molecule has 86 valence electrons. The van der Waals surface area contributed by atoms with Gasteiger partial charge in [-0.2, -0.15) is 11.8 Å². The highest BCUT2D eigenvalue weighted by molar-refractivity contribution is 9.10. The van der Waals surface area contributed by atoms with Crippen LogP contribution >= 0.6 is 27.7 Å². The van der Waals surface area contributed by atoms with E-state index in [9.17, 15) is 4.79 Å². The number of carboxylic acid groups (broad SMARTS) is 1. The van der Waals surface area contributed by atoms with Crippen LogP contribution in [-0.2, 0) is 0 Å². The standard InChI is InChI=1S/C9H10BrN3O2S/c10-6-5-11-9(12-7(6)8(14)15)13-1-3-16-4-2-13/h5H,1-4H2,(H,14,15). The molecule has 1 aromatic rings. The van der Waals surface area contributed by atoms with Crippen molar-refractivity contribution >= 4 is 39.6 Å². The third-order valence-electron chi connectivity index (χ3n) is 2.23. The molecule has 16 heavy (non-hydrogen) atoms. The smallest absolute Gasteiger partial charge is 0.355 e. The molecule has 5 nitrogen and oxygen atoms in total. The zero-order chi connectivity index (χ0) is 11.5. The molecule has 0 aliphatic carbocycles. The van der Waals surface area contributed by atoms with Gasteiger partial charge in [-0.05, 0) is 15.9 Å². The molecular weight excluding hydrogens is 294 g/mol. The van der Waals surface area contributed by atoms with Crippen LogP contribution < -0.4 is 4.90 Å². The van der Waals surface area contributed by atoms with E-state index < -0.39 is 5.97 Å². The summed E-state index contributed by atoms with van der Waals surface area (Å²) in [5.41, 5.74) is 0.0169. The van der Waals surface area contributed by atoms with Crippen molar-refractivity contribution in [2.24, 2.45) is 0 Å². The summed E-state index contributed by atoms with van der Waals surface area (Å²) in [6.07, 6.45) is 1.49. The van der Waals surface area contributed by atoms with Gasteiger partial charge in [0.15, 0.2) is 5.69 Å². The van der Waals surface area contributed by atoms with E-state index >= 15 is 0 Å². The molecule has 2 heterocycles. The lowest BCUT2D eigenvalue weighted by atomic mass is 10.4. The minimum absolute atomic E-state index is 0.0169. The van der Waals surface area contributed by atoms with Crippen molar-refractivity contribution in [1.82, 2.24) is 9.97 Å². The van der Waals surface area contributed by atoms with Gasteiger partial charge in [0.2, 0.25) is 5.95 Å². The molecular formula is C9H10BrN3O2S. The normalized spacial score (nSPS) is 16.2. The van der Waals surface area contributed by atoms with Crippen LogP contribution in [0.2, 0.25) is 0 Å². The number of carboxylic acids is 1. The minimum atomic E-state index is -1.04. The summed E-state index contributed by atoms with van der Waals surface area (Å²) < 4.78 is 0.412. The molecule has 1 saturated heterocycles. The molecule has 0 bridgehead atoms. The summed E-state index contributed by atoms with van der Waals surface area (Å²) in [6.45, 7) is 1.73. The van der Waals surface area contributed by atoms with Gasteiger partial charge >= 0.3 is 5.97 Å². The van der Waals surface area contributed by atoms with Crippen LogP contribution in [-0.4, -0.2) is 45.6 Å². The van der Waals surface area contributed by atoms with Gasteiger partial charge in [0, 0.05) is 30.8 Å². The Labute approximate surface area is 105 Å². The van der Waals surface area contributed by atoms with E-state index in [4.69, 9.17) is 5.11 Å². The Bertz CT molecular complexity index is 410. The second-order valence-corrected chi connectivity index (χ2v) is 5.35. The van der Waals surface area contributed by atoms with Crippen molar-refractivity contribution < 1.29 is 9.90 Å². The maximum atomic E-state index is 10.9. The molecule has 0 amide bonds. The molecule has 1 aliphatic heterocycles. The van der Waals surface area contributed by atoms with Gasteiger partial charge in [0.25, 0.3) is 0 Å². The molecule has 1 aromatic heterocycles. The van der Waals surface area contributed by atoms with Crippen molar-refractivity contribution in [1.29, 1.82) is 0 Å². The summed E-state index contributed by atoms with van der Waals surface area (Å²) in [7, 11) is 0. The highest BCUT2D eigenvalue weighted by Gasteiger charge is 2.17. The lowest BCUT2D eigenvalue weighted by Crippen LogP contribution is -2.34. The number of halogens is 1. The van der Waals surface area contributed by atoms with Crippen LogP contribution in [0.15, 0.2) is 10.7 Å². The molecule has 1 aliphatic rings. The molecule has 0 spiro atoms. The summed E-state index contributed by atoms with van der Waals surface area (Å²) >= 11 is 5.01. The van der Waals surface area contributed by atoms with E-state index in [0.29, 0.717) is 10.4 Å². The van der Waals surface area contributed by atoms with Gasteiger partial charge in [-0.15, -0.1) is 0 Å². The molecule has 2 rings (SSSR count). The third-order valence-corrected chi connectivity index (χ3v) is 3.75. The molecule has 0 unspecified atom stereocenters. The van der Waals surface area contributed by atoms with Crippen LogP contribution in [0, 0.1) is 0 Å². The number of hydrogen-bond donors (Lipinski definition) is 1. The third kappa shape index (κ3) is 2.46. The molecule has 1 fully saturated rings. The summed E-state index contributed by atoms with van der Waals surface area (Å²) in [5.74, 6) is 1.52. The Morgan fingerprint density at radius 1 is 1.50 bits per heavy atom. The van der Waals surface area contributed by atoms with E-state index in [1.165, 1.54) is 6.20 Å². The Kier molecular flexibility index (Phi) is 3.65. The number of thioether (sulfide) groups is 1. The van der Waals surface area contributed by atoms with E-state index in [0.717, 1.165) is 24.6 Å². The lowest BCUT2D eigenvalue weighted by Gasteiger charge is -2.26. The second kappa shape index (κ2) is 5.01. The number of carbonyl (C=O) groups is 1. The first-order valence-electron chi connectivity index (χ1n) is 4.77. The van der Waals surface area contributed by atoms with Gasteiger partial charge in [0.1, 0.15) is 0 Å². The van der Waals surface area contributed by atoms with Crippen molar-refractivity contribution in [2.45, 2.75) is 0 Å². The summed E-state index contributed by atoms with van der Waals surface area (Å²) in [4.78, 5) is 21.1. The van der Waals surface area contributed by atoms with Crippen molar-refractivity contribution in [2.75, 3.05) is 29.5 Å². The van der Waals surface area contributed by atoms with Gasteiger partial charge in [-0.25, -0.2) is 14.8 Å². The van der Waals surface area contributed by atoms with Crippen molar-refractivity contribution in [3.05, 3.63) is 16.4 Å². The molecule has 0 radical (unpaired) electrons. The fraction of sp³-hybridized carbons (Fsp3) is 0.444. The maximum absolute atomic E-state index is 10.9. The molecule has 0 saturated carbocycles. The molecule has 0 atom stereocenters. The van der Waals surface area contributed by atoms with Crippen LogP contribution in [0.1, 0.15) is 10.5 Å². The highest BCUT2D eigenvalue weighted by Crippen LogP contribution is 2.19. The zero-order valence-electron chi connectivity index (χ0n) is 8.39. The SMILES string of the molecule is O=C(O)c1nc(N2CCSCC2)ncc1Br. The Hall–Kier alpha value is -0.820. The van der Waals surface area contributed by atoms with Gasteiger partial charge in [0.05, 0.1) is 4.47 Å². The van der Waals surface area contributed by atoms with Gasteiger partial charge in [-0.3, -0.25) is 0 Å². The number of anilines is 1. The van der Waals surface area contributed by atoms with E-state index in [1.54, 1.807) is 0 Å². The average Bonchev–Trinajstić information content (AvgIpc) is 2.30. The predicted octanol–water partition coefficient (Wildman–Crippen LogP) is 1.49. The van der Waals surface area contributed by atoms with E-state index in [2.05, 4.69) is 25.9 Å². The Morgan fingerprint density at radius 2 is 2.19 bits per heavy atom. The number of nitrogens with zero attached hydrogens (tertiary/aromatic N) is 3. The first-order chi connectivity index (χ1) is 7.68. The molecule has 7 heteroatoms. The first kappa shape index (κ1) is 11.7. The Balaban J connectivity index is 2.27. The van der Waals surface area contributed by atoms with Crippen LogP contribution in [0.25, 0.3) is 0 Å². The Morgan fingerprint density at radius 3 is 2.81 bits per heavy atom. The highest BCUT2D eigenvalue weighted by atomic mass is 79.9. The van der Waals surface area contributed by atoms with Crippen molar-refractivity contribution in [3.63, 3.8) is 0 Å². The van der Waals surface area contributed by atoms with E-state index in [-0.39, 0.29) is 5.69 Å². The molecule has 0 aromatic carbocycles. The number of aromatic nitrogens is 2. The number of aromatic carboxylic acids is 1. The minimum Gasteiger partial charge on any atom is -0.476 e. The topological polar surface area (TPSA) is 66.3 Å². The maximum Gasteiger partial charge on any atom is 0.355 e. The predicted molar refractivity (Wildman–Crippen MR) is 66.2 cm³/mol. The average molecular weight is 304 g/mol. The monoisotopic (exact) mass is 303 g/mol. The summed E-state index contributed by atoms with van der Waals surface area (Å²) in [6, 6.07) is 0. The van der Waals surface area contributed by atoms with Crippen LogP contribution in [0.5, 0.6) is 0 Å². The number of hydrogen-bond acceptors (Lipinski definition) is 5. The second-order valence-electron chi connectivity index (χ2n) is 3.27. The number of rotatable bonds is 2. The quantitative estimate of drug-likeness (QED) is 0.893. The zero-order valence-corrected chi connectivity index (χ0v) is 10.8. The summed E-state index contributed by atoms with van der Waals surface area (Å²) in [5, 5.41) is 8.95. The van der Waals surface area contributed by atoms with Gasteiger partial charge in [-0.1, -0.05) is 0 Å². The van der Waals surface area contributed by atoms with Gasteiger partial charge < -0.3 is 10.0 Å². The van der Waals surface area contributed by atoms with Crippen molar-refractivity contribution in [3.8, 4) is 0 Å². The lowest BCUT2D eigenvalue weighted by molar-refractivity contribution is 0.0689. The van der Waals surface area contributed by atoms with Crippen LogP contribution in [0.3, 0.4) is 0 Å². The van der Waals surface area contributed by atoms with E-state index in [1.807, 2.05) is 16.7 Å². The largest absolute Gasteiger partial charge is 0.476 e. The fourth-order valence-corrected chi connectivity index (χ4v) is 2.69. The van der Waals surface area contributed by atoms with Crippen LogP contribution in [0.4, 0.5) is 5.95 Å². The fourth-order valence-electron chi connectivity index (χ4n) is 1.42. The molecule has 1 N–H and O–H groups in total. The first-order valence-corrected chi connectivity index (χ1v) is 6.72.